The van der Waals surface area contributed by atoms with Gasteiger partial charge in [0.05, 0.1) is 6.10 Å². The number of nitrogens with zero attached hydrogens (tertiary/aromatic N) is 2. The van der Waals surface area contributed by atoms with Crippen molar-refractivity contribution in [1.82, 2.24) is 9.80 Å². The van der Waals surface area contributed by atoms with E-state index in [1.807, 2.05) is 11.0 Å². The molecule has 1 aromatic rings. The lowest BCUT2D eigenvalue weighted by Gasteiger charge is -2.44. The molecule has 2 heterocycles. The minimum absolute atomic E-state index is 0.166. The lowest BCUT2D eigenvalue weighted by Crippen LogP contribution is -2.53. The van der Waals surface area contributed by atoms with E-state index >= 15 is 0 Å². The molecular weight excluding hydrogens is 319 g/mol. The molecular formula is C20H29FN2O2. The van der Waals surface area contributed by atoms with E-state index in [0.29, 0.717) is 12.0 Å². The maximum Gasteiger partial charge on any atom is 0.219 e. The van der Waals surface area contributed by atoms with Gasteiger partial charge in [-0.1, -0.05) is 12.1 Å². The molecule has 0 aliphatic carbocycles. The minimum atomic E-state index is -0.166. The van der Waals surface area contributed by atoms with Gasteiger partial charge in [-0.3, -0.25) is 9.69 Å². The number of piperidine rings is 2. The highest BCUT2D eigenvalue weighted by Crippen LogP contribution is 2.28. The largest absolute Gasteiger partial charge is 0.380 e. The number of ether oxygens (including phenoxy) is 1. The van der Waals surface area contributed by atoms with Gasteiger partial charge in [0.2, 0.25) is 5.91 Å². The van der Waals surface area contributed by atoms with Gasteiger partial charge in [0.15, 0.2) is 0 Å². The number of rotatable bonds is 4. The number of carbonyl (C=O) groups is 1. The maximum absolute atomic E-state index is 13.4. The molecule has 138 valence electrons. The van der Waals surface area contributed by atoms with E-state index in [2.05, 4.69) is 4.90 Å². The van der Waals surface area contributed by atoms with Crippen LogP contribution >= 0.6 is 0 Å². The highest BCUT2D eigenvalue weighted by Gasteiger charge is 2.34. The lowest BCUT2D eigenvalue weighted by atomic mass is 9.86. The first-order valence-electron chi connectivity index (χ1n) is 9.33. The number of benzene rings is 1. The van der Waals surface area contributed by atoms with Crippen LogP contribution in [0, 0.1) is 11.7 Å². The zero-order chi connectivity index (χ0) is 17.8. The zero-order valence-electron chi connectivity index (χ0n) is 15.3. The molecule has 25 heavy (non-hydrogen) atoms. The molecule has 0 aromatic heterocycles. The van der Waals surface area contributed by atoms with Crippen LogP contribution < -0.4 is 0 Å². The Hall–Kier alpha value is -1.46. The van der Waals surface area contributed by atoms with E-state index < -0.39 is 0 Å². The van der Waals surface area contributed by atoms with Crippen LogP contribution in [0.25, 0.3) is 0 Å². The zero-order valence-corrected chi connectivity index (χ0v) is 15.3. The molecule has 4 nitrogen and oxygen atoms in total. The fourth-order valence-electron chi connectivity index (χ4n) is 4.33. The van der Waals surface area contributed by atoms with E-state index in [1.165, 1.54) is 6.07 Å². The molecule has 2 fully saturated rings. The van der Waals surface area contributed by atoms with Crippen molar-refractivity contribution in [2.75, 3.05) is 33.3 Å². The van der Waals surface area contributed by atoms with Crippen molar-refractivity contribution in [1.29, 1.82) is 0 Å². The summed E-state index contributed by atoms with van der Waals surface area (Å²) in [5, 5.41) is 0. The van der Waals surface area contributed by atoms with Crippen LogP contribution in [0.2, 0.25) is 0 Å². The molecule has 0 unspecified atom stereocenters. The predicted molar refractivity (Wildman–Crippen MR) is 95.9 cm³/mol. The van der Waals surface area contributed by atoms with Crippen LogP contribution in [0.3, 0.4) is 0 Å². The molecule has 0 spiro atoms. The number of hydrogen-bond donors (Lipinski definition) is 0. The third kappa shape index (κ3) is 4.59. The third-order valence-corrected chi connectivity index (χ3v) is 5.84. The van der Waals surface area contributed by atoms with Gasteiger partial charge in [-0.2, -0.15) is 0 Å². The van der Waals surface area contributed by atoms with Crippen molar-refractivity contribution in [2.24, 2.45) is 5.92 Å². The highest BCUT2D eigenvalue weighted by molar-refractivity contribution is 5.73. The van der Waals surface area contributed by atoms with E-state index in [-0.39, 0.29) is 17.8 Å². The Labute approximate surface area is 149 Å². The number of likely N-dealkylation sites (tertiary alicyclic amines) is 2. The first-order valence-corrected chi connectivity index (χ1v) is 9.33. The van der Waals surface area contributed by atoms with Gasteiger partial charge in [-0.05, 0) is 55.8 Å². The molecule has 1 amide bonds. The van der Waals surface area contributed by atoms with Crippen LogP contribution in [0.15, 0.2) is 24.3 Å². The number of carbonyl (C=O) groups excluding carboxylic acids is 1. The standard InChI is InChI=1S/C20H29FN2O2/c1-15(24)22-10-7-19(8-11-22)23-9-6-17(20(14-23)25-2)12-16-4-3-5-18(21)13-16/h3-5,13,17,19-20H,6-12,14H2,1-2H3/t17-,20+/m1/s1. The van der Waals surface area contributed by atoms with Gasteiger partial charge < -0.3 is 9.64 Å². The predicted octanol–water partition coefficient (Wildman–Crippen LogP) is 2.72. The topological polar surface area (TPSA) is 32.8 Å². The molecule has 2 atom stereocenters. The summed E-state index contributed by atoms with van der Waals surface area (Å²) in [4.78, 5) is 16.0. The van der Waals surface area contributed by atoms with Gasteiger partial charge >= 0.3 is 0 Å². The van der Waals surface area contributed by atoms with Crippen molar-refractivity contribution in [3.05, 3.63) is 35.6 Å². The average molecular weight is 348 g/mol. The number of hydrogen-bond acceptors (Lipinski definition) is 3. The Bertz CT molecular complexity index is 587. The van der Waals surface area contributed by atoms with Crippen molar-refractivity contribution < 1.29 is 13.9 Å². The van der Waals surface area contributed by atoms with Gasteiger partial charge in [0.1, 0.15) is 5.82 Å². The van der Waals surface area contributed by atoms with Gasteiger partial charge in [0.25, 0.3) is 0 Å². The van der Waals surface area contributed by atoms with Crippen molar-refractivity contribution in [3.63, 3.8) is 0 Å². The molecule has 3 rings (SSSR count). The van der Waals surface area contributed by atoms with Crippen molar-refractivity contribution in [3.8, 4) is 0 Å². The second-order valence-corrected chi connectivity index (χ2v) is 7.39. The molecule has 1 aromatic carbocycles. The van der Waals surface area contributed by atoms with Crippen LogP contribution in [0.1, 0.15) is 31.7 Å². The van der Waals surface area contributed by atoms with Crippen LogP contribution in [0.4, 0.5) is 4.39 Å². The molecule has 2 aliphatic heterocycles. The first kappa shape index (κ1) is 18.3. The average Bonchev–Trinajstić information content (AvgIpc) is 2.62. The summed E-state index contributed by atoms with van der Waals surface area (Å²) < 4.78 is 19.2. The molecule has 0 saturated carbocycles. The number of halogens is 1. The Kier molecular flexibility index (Phi) is 6.07. The molecule has 0 bridgehead atoms. The van der Waals surface area contributed by atoms with Crippen molar-refractivity contribution >= 4 is 5.91 Å². The lowest BCUT2D eigenvalue weighted by molar-refractivity contribution is -0.130. The van der Waals surface area contributed by atoms with Crippen molar-refractivity contribution in [2.45, 2.75) is 44.8 Å². The Morgan fingerprint density at radius 2 is 2.00 bits per heavy atom. The molecule has 0 radical (unpaired) electrons. The van der Waals surface area contributed by atoms with Gasteiger partial charge in [-0.25, -0.2) is 4.39 Å². The fraction of sp³-hybridized carbons (Fsp3) is 0.650. The van der Waals surface area contributed by atoms with Gasteiger partial charge in [-0.15, -0.1) is 0 Å². The Morgan fingerprint density at radius 1 is 1.24 bits per heavy atom. The summed E-state index contributed by atoms with van der Waals surface area (Å²) in [5.41, 5.74) is 1.05. The summed E-state index contributed by atoms with van der Waals surface area (Å²) in [6.07, 6.45) is 4.21. The van der Waals surface area contributed by atoms with E-state index in [1.54, 1.807) is 26.2 Å². The number of amides is 1. The molecule has 5 heteroatoms. The Balaban J connectivity index is 1.55. The number of methoxy groups -OCH3 is 1. The summed E-state index contributed by atoms with van der Waals surface area (Å²) in [6, 6.07) is 7.46. The summed E-state index contributed by atoms with van der Waals surface area (Å²) in [5.74, 6) is 0.448. The quantitative estimate of drug-likeness (QED) is 0.839. The Morgan fingerprint density at radius 3 is 2.64 bits per heavy atom. The first-order chi connectivity index (χ1) is 12.1. The third-order valence-electron chi connectivity index (χ3n) is 5.84. The van der Waals surface area contributed by atoms with Gasteiger partial charge in [0, 0.05) is 39.7 Å². The minimum Gasteiger partial charge on any atom is -0.380 e. The second-order valence-electron chi connectivity index (χ2n) is 7.39. The maximum atomic E-state index is 13.4. The monoisotopic (exact) mass is 348 g/mol. The van der Waals surface area contributed by atoms with E-state index in [0.717, 1.165) is 57.4 Å². The summed E-state index contributed by atoms with van der Waals surface area (Å²) in [6.45, 7) is 5.37. The normalized spacial score (nSPS) is 26.0. The molecule has 0 N–H and O–H groups in total. The SMILES string of the molecule is CO[C@H]1CN(C2CCN(C(C)=O)CC2)CC[C@@H]1Cc1cccc(F)c1. The molecule has 2 aliphatic rings. The smallest absolute Gasteiger partial charge is 0.219 e. The fourth-order valence-corrected chi connectivity index (χ4v) is 4.33. The van der Waals surface area contributed by atoms with E-state index in [4.69, 9.17) is 4.74 Å². The molecule has 2 saturated heterocycles. The highest BCUT2D eigenvalue weighted by atomic mass is 19.1. The van der Waals surface area contributed by atoms with Crippen LogP contribution in [-0.4, -0.2) is 61.1 Å². The van der Waals surface area contributed by atoms with Crippen LogP contribution in [0.5, 0.6) is 0 Å². The second kappa shape index (κ2) is 8.28. The summed E-state index contributed by atoms with van der Waals surface area (Å²) >= 11 is 0. The summed E-state index contributed by atoms with van der Waals surface area (Å²) in [7, 11) is 1.78. The van der Waals surface area contributed by atoms with E-state index in [9.17, 15) is 9.18 Å². The van der Waals surface area contributed by atoms with Crippen LogP contribution in [-0.2, 0) is 16.0 Å².